The average molecular weight is 404 g/mol. The van der Waals surface area contributed by atoms with Gasteiger partial charge in [-0.3, -0.25) is 14.4 Å². The first-order chi connectivity index (χ1) is 13.5. The van der Waals surface area contributed by atoms with Gasteiger partial charge < -0.3 is 10.1 Å². The highest BCUT2D eigenvalue weighted by atomic mass is 32.2. The number of sulfonamides is 1. The molecule has 2 aromatic carbocycles. The molecule has 8 heteroatoms. The average Bonchev–Trinajstić information content (AvgIpc) is 2.69. The molecule has 0 radical (unpaired) electrons. The van der Waals surface area contributed by atoms with E-state index in [-0.39, 0.29) is 16.5 Å². The highest BCUT2D eigenvalue weighted by molar-refractivity contribution is 7.92. The van der Waals surface area contributed by atoms with Crippen LogP contribution < -0.4 is 10.0 Å². The zero-order valence-corrected chi connectivity index (χ0v) is 16.7. The molecule has 1 saturated heterocycles. The Kier molecular flexibility index (Phi) is 6.66. The van der Waals surface area contributed by atoms with Crippen molar-refractivity contribution >= 4 is 21.6 Å². The molecule has 0 spiro atoms. The van der Waals surface area contributed by atoms with Gasteiger partial charge in [-0.25, -0.2) is 8.42 Å². The van der Waals surface area contributed by atoms with Gasteiger partial charge in [0.1, 0.15) is 0 Å². The molecular weight excluding hydrogens is 378 g/mol. The van der Waals surface area contributed by atoms with Crippen molar-refractivity contribution < 1.29 is 17.9 Å². The molecular formula is C20H25N3O4S. The highest BCUT2D eigenvalue weighted by Gasteiger charge is 2.18. The van der Waals surface area contributed by atoms with Crippen LogP contribution in [0.3, 0.4) is 0 Å². The van der Waals surface area contributed by atoms with E-state index in [0.29, 0.717) is 25.3 Å². The number of morpholine rings is 1. The summed E-state index contributed by atoms with van der Waals surface area (Å²) in [5, 5.41) is 2.86. The first-order valence-corrected chi connectivity index (χ1v) is 10.7. The molecule has 0 saturated carbocycles. The van der Waals surface area contributed by atoms with E-state index in [4.69, 9.17) is 4.74 Å². The van der Waals surface area contributed by atoms with Gasteiger partial charge in [0, 0.05) is 26.2 Å². The van der Waals surface area contributed by atoms with Crippen molar-refractivity contribution in [2.24, 2.45) is 0 Å². The number of nitrogens with one attached hydrogen (secondary N) is 2. The summed E-state index contributed by atoms with van der Waals surface area (Å²) < 4.78 is 33.1. The number of nitrogens with zero attached hydrogens (tertiary/aromatic N) is 1. The Morgan fingerprint density at radius 3 is 2.46 bits per heavy atom. The van der Waals surface area contributed by atoms with Crippen LogP contribution in [0.1, 0.15) is 15.9 Å². The molecule has 1 aliphatic rings. The van der Waals surface area contributed by atoms with Crippen LogP contribution in [0.2, 0.25) is 0 Å². The molecule has 0 unspecified atom stereocenters. The molecule has 1 aliphatic heterocycles. The number of anilines is 1. The van der Waals surface area contributed by atoms with E-state index in [9.17, 15) is 13.2 Å². The van der Waals surface area contributed by atoms with Crippen molar-refractivity contribution in [1.82, 2.24) is 10.2 Å². The lowest BCUT2D eigenvalue weighted by Gasteiger charge is -2.26. The predicted molar refractivity (Wildman–Crippen MR) is 108 cm³/mol. The molecule has 1 amide bonds. The maximum absolute atomic E-state index is 12.6. The maximum Gasteiger partial charge on any atom is 0.261 e. The molecule has 0 aliphatic carbocycles. The van der Waals surface area contributed by atoms with Crippen molar-refractivity contribution in [2.45, 2.75) is 11.8 Å². The topological polar surface area (TPSA) is 87.7 Å². The molecule has 2 aromatic rings. The van der Waals surface area contributed by atoms with Gasteiger partial charge in [-0.1, -0.05) is 29.8 Å². The van der Waals surface area contributed by atoms with Crippen LogP contribution in [0.25, 0.3) is 0 Å². The van der Waals surface area contributed by atoms with E-state index in [2.05, 4.69) is 14.9 Å². The lowest BCUT2D eigenvalue weighted by atomic mass is 10.1. The number of hydrogen-bond donors (Lipinski definition) is 2. The second-order valence-electron chi connectivity index (χ2n) is 6.67. The Bertz CT molecular complexity index is 907. The minimum absolute atomic E-state index is 0.153. The molecule has 3 rings (SSSR count). The van der Waals surface area contributed by atoms with Crippen LogP contribution in [0.4, 0.5) is 5.69 Å². The van der Waals surface area contributed by atoms with Gasteiger partial charge in [0.15, 0.2) is 0 Å². The Labute approximate surface area is 165 Å². The van der Waals surface area contributed by atoms with Gasteiger partial charge in [-0.15, -0.1) is 0 Å². The fourth-order valence-corrected chi connectivity index (χ4v) is 4.02. The summed E-state index contributed by atoms with van der Waals surface area (Å²) in [6.45, 7) is 6.21. The fraction of sp³-hybridized carbons (Fsp3) is 0.350. The first-order valence-electron chi connectivity index (χ1n) is 9.22. The summed E-state index contributed by atoms with van der Waals surface area (Å²) in [5.41, 5.74) is 1.52. The number of ether oxygens (including phenoxy) is 1. The molecule has 1 fully saturated rings. The highest BCUT2D eigenvalue weighted by Crippen LogP contribution is 2.20. The fourth-order valence-electron chi connectivity index (χ4n) is 2.94. The number of carbonyl (C=O) groups is 1. The van der Waals surface area contributed by atoms with Gasteiger partial charge >= 0.3 is 0 Å². The Hall–Kier alpha value is -2.42. The van der Waals surface area contributed by atoms with Gasteiger partial charge in [0.2, 0.25) is 0 Å². The Morgan fingerprint density at radius 1 is 1.07 bits per heavy atom. The molecule has 7 nitrogen and oxygen atoms in total. The minimum atomic E-state index is -3.78. The quantitative estimate of drug-likeness (QED) is 0.737. The zero-order valence-electron chi connectivity index (χ0n) is 15.8. The monoisotopic (exact) mass is 403 g/mol. The second kappa shape index (κ2) is 9.18. The third kappa shape index (κ3) is 5.31. The largest absolute Gasteiger partial charge is 0.379 e. The van der Waals surface area contributed by atoms with Gasteiger partial charge in [0.05, 0.1) is 29.4 Å². The van der Waals surface area contributed by atoms with Crippen LogP contribution >= 0.6 is 0 Å². The van der Waals surface area contributed by atoms with E-state index >= 15 is 0 Å². The third-order valence-corrected chi connectivity index (χ3v) is 5.95. The lowest BCUT2D eigenvalue weighted by Crippen LogP contribution is -2.41. The summed E-state index contributed by atoms with van der Waals surface area (Å²) >= 11 is 0. The van der Waals surface area contributed by atoms with Crippen LogP contribution in [0.15, 0.2) is 53.4 Å². The number of rotatable bonds is 7. The second-order valence-corrected chi connectivity index (χ2v) is 8.36. The van der Waals surface area contributed by atoms with Crippen LogP contribution in [-0.4, -0.2) is 58.6 Å². The SMILES string of the molecule is Cc1ccc(S(=O)(=O)Nc2ccccc2C(=O)NCCN2CCOCC2)cc1. The minimum Gasteiger partial charge on any atom is -0.379 e. The summed E-state index contributed by atoms with van der Waals surface area (Å²) in [6.07, 6.45) is 0. The molecule has 0 aromatic heterocycles. The van der Waals surface area contributed by atoms with Crippen LogP contribution in [0, 0.1) is 6.92 Å². The smallest absolute Gasteiger partial charge is 0.261 e. The molecule has 0 atom stereocenters. The van der Waals surface area contributed by atoms with Crippen LogP contribution in [0.5, 0.6) is 0 Å². The molecule has 28 heavy (non-hydrogen) atoms. The molecule has 150 valence electrons. The molecule has 2 N–H and O–H groups in total. The Morgan fingerprint density at radius 2 is 1.75 bits per heavy atom. The van der Waals surface area contributed by atoms with Crippen molar-refractivity contribution in [2.75, 3.05) is 44.1 Å². The van der Waals surface area contributed by atoms with Crippen molar-refractivity contribution in [1.29, 1.82) is 0 Å². The summed E-state index contributed by atoms with van der Waals surface area (Å²) in [6, 6.07) is 13.2. The zero-order chi connectivity index (χ0) is 20.0. The van der Waals surface area contributed by atoms with E-state index in [0.717, 1.165) is 25.2 Å². The first kappa shape index (κ1) is 20.3. The van der Waals surface area contributed by atoms with E-state index in [1.54, 1.807) is 48.5 Å². The number of aryl methyl sites for hydroxylation is 1. The van der Waals surface area contributed by atoms with Gasteiger partial charge in [0.25, 0.3) is 15.9 Å². The molecule has 1 heterocycles. The normalized spacial score (nSPS) is 15.2. The number of para-hydroxylation sites is 1. The van der Waals surface area contributed by atoms with Crippen molar-refractivity contribution in [3.05, 3.63) is 59.7 Å². The summed E-state index contributed by atoms with van der Waals surface area (Å²) in [4.78, 5) is 15.0. The molecule has 0 bridgehead atoms. The summed E-state index contributed by atoms with van der Waals surface area (Å²) in [7, 11) is -3.78. The number of benzene rings is 2. The van der Waals surface area contributed by atoms with Gasteiger partial charge in [-0.05, 0) is 31.2 Å². The summed E-state index contributed by atoms with van der Waals surface area (Å²) in [5.74, 6) is -0.310. The number of carbonyl (C=O) groups excluding carboxylic acids is 1. The van der Waals surface area contributed by atoms with Gasteiger partial charge in [-0.2, -0.15) is 0 Å². The number of amides is 1. The number of hydrogen-bond acceptors (Lipinski definition) is 5. The van der Waals surface area contributed by atoms with Crippen molar-refractivity contribution in [3.63, 3.8) is 0 Å². The Balaban J connectivity index is 1.66. The van der Waals surface area contributed by atoms with Crippen LogP contribution in [-0.2, 0) is 14.8 Å². The van der Waals surface area contributed by atoms with E-state index < -0.39 is 10.0 Å². The van der Waals surface area contributed by atoms with E-state index in [1.165, 1.54) is 0 Å². The maximum atomic E-state index is 12.6. The van der Waals surface area contributed by atoms with Crippen molar-refractivity contribution in [3.8, 4) is 0 Å². The lowest BCUT2D eigenvalue weighted by molar-refractivity contribution is 0.0383. The standard InChI is InChI=1S/C20H25N3O4S/c1-16-6-8-17(9-7-16)28(25,26)22-19-5-3-2-4-18(19)20(24)21-10-11-23-12-14-27-15-13-23/h2-9,22H,10-15H2,1H3,(H,21,24). The van der Waals surface area contributed by atoms with E-state index in [1.807, 2.05) is 6.92 Å². The predicted octanol–water partition coefficient (Wildman–Crippen LogP) is 1.86. The third-order valence-electron chi connectivity index (χ3n) is 4.56.